The van der Waals surface area contributed by atoms with Crippen molar-refractivity contribution in [1.82, 2.24) is 4.90 Å². The Labute approximate surface area is 168 Å². The number of amides is 2. The van der Waals surface area contributed by atoms with E-state index in [9.17, 15) is 14.7 Å². The van der Waals surface area contributed by atoms with Crippen LogP contribution >= 0.6 is 11.6 Å². The van der Waals surface area contributed by atoms with E-state index in [-0.39, 0.29) is 29.9 Å². The highest BCUT2D eigenvalue weighted by Crippen LogP contribution is 2.30. The molecular weight excluding hydrogens is 378 g/mol. The van der Waals surface area contributed by atoms with Gasteiger partial charge in [-0.3, -0.25) is 9.59 Å². The van der Waals surface area contributed by atoms with Gasteiger partial charge in [0.2, 0.25) is 11.8 Å². The number of phenols is 1. The summed E-state index contributed by atoms with van der Waals surface area (Å²) >= 11 is 6.03. The highest BCUT2D eigenvalue weighted by molar-refractivity contribution is 6.31. The minimum atomic E-state index is -0.330. The fraction of sp³-hybridized carbons (Fsp3) is 0.333. The molecule has 2 aromatic rings. The number of hydrogen-bond donors (Lipinski definition) is 1. The molecular formula is C21H22ClN3O3. The highest BCUT2D eigenvalue weighted by atomic mass is 35.5. The Balaban J connectivity index is 1.38. The third-order valence-corrected chi connectivity index (χ3v) is 5.64. The van der Waals surface area contributed by atoms with Crippen LogP contribution < -0.4 is 9.80 Å². The monoisotopic (exact) mass is 399 g/mol. The molecule has 0 radical (unpaired) electrons. The number of rotatable bonds is 3. The maximum Gasteiger partial charge on any atom is 0.228 e. The van der Waals surface area contributed by atoms with E-state index in [0.717, 1.165) is 11.4 Å². The molecule has 1 atom stereocenters. The Hall–Kier alpha value is -2.73. The Morgan fingerprint density at radius 2 is 1.79 bits per heavy atom. The molecule has 0 saturated carbocycles. The van der Waals surface area contributed by atoms with Crippen LogP contribution in [-0.4, -0.2) is 54.5 Å². The van der Waals surface area contributed by atoms with E-state index in [1.807, 2.05) is 23.1 Å². The second-order valence-corrected chi connectivity index (χ2v) is 7.62. The first-order valence-electron chi connectivity index (χ1n) is 9.40. The zero-order chi connectivity index (χ0) is 19.7. The zero-order valence-corrected chi connectivity index (χ0v) is 16.2. The second-order valence-electron chi connectivity index (χ2n) is 7.19. The van der Waals surface area contributed by atoms with Crippen LogP contribution in [0.15, 0.2) is 48.5 Å². The minimum absolute atomic E-state index is 0.0230. The van der Waals surface area contributed by atoms with Crippen molar-refractivity contribution in [3.05, 3.63) is 53.6 Å². The molecule has 28 heavy (non-hydrogen) atoms. The maximum absolute atomic E-state index is 13.0. The average molecular weight is 400 g/mol. The first-order valence-corrected chi connectivity index (χ1v) is 9.78. The van der Waals surface area contributed by atoms with Gasteiger partial charge in [0, 0.05) is 49.9 Å². The van der Waals surface area contributed by atoms with Gasteiger partial charge in [-0.05, 0) is 30.3 Å². The van der Waals surface area contributed by atoms with E-state index < -0.39 is 0 Å². The van der Waals surface area contributed by atoms with Gasteiger partial charge in [0.05, 0.1) is 11.6 Å². The Kier molecular flexibility index (Phi) is 5.13. The van der Waals surface area contributed by atoms with Crippen molar-refractivity contribution >= 4 is 34.8 Å². The first-order chi connectivity index (χ1) is 13.5. The Morgan fingerprint density at radius 1 is 1.04 bits per heavy atom. The summed E-state index contributed by atoms with van der Waals surface area (Å²) in [5, 5.41) is 10.6. The van der Waals surface area contributed by atoms with Crippen molar-refractivity contribution in [3.63, 3.8) is 0 Å². The lowest BCUT2D eigenvalue weighted by molar-refractivity contribution is -0.136. The lowest BCUT2D eigenvalue weighted by atomic mass is 10.1. The van der Waals surface area contributed by atoms with E-state index in [1.165, 1.54) is 0 Å². The number of carbonyl (C=O) groups excluding carboxylic acids is 2. The number of piperazine rings is 1. The Morgan fingerprint density at radius 3 is 2.50 bits per heavy atom. The molecule has 6 nitrogen and oxygen atoms in total. The maximum atomic E-state index is 13.0. The number of carbonyl (C=O) groups is 2. The molecule has 7 heteroatoms. The summed E-state index contributed by atoms with van der Waals surface area (Å²) in [7, 11) is 0. The third-order valence-electron chi connectivity index (χ3n) is 5.41. The number of halogens is 1. The largest absolute Gasteiger partial charge is 0.506 e. The van der Waals surface area contributed by atoms with E-state index in [4.69, 9.17) is 11.6 Å². The van der Waals surface area contributed by atoms with Crippen LogP contribution in [0.25, 0.3) is 0 Å². The van der Waals surface area contributed by atoms with E-state index in [1.54, 1.807) is 35.2 Å². The highest BCUT2D eigenvalue weighted by Gasteiger charge is 2.38. The van der Waals surface area contributed by atoms with Crippen LogP contribution in [0.2, 0.25) is 5.02 Å². The average Bonchev–Trinajstić information content (AvgIpc) is 3.10. The van der Waals surface area contributed by atoms with Gasteiger partial charge in [0.25, 0.3) is 0 Å². The minimum Gasteiger partial charge on any atom is -0.506 e. The van der Waals surface area contributed by atoms with Gasteiger partial charge in [-0.2, -0.15) is 0 Å². The fourth-order valence-electron chi connectivity index (χ4n) is 3.92. The smallest absolute Gasteiger partial charge is 0.228 e. The van der Waals surface area contributed by atoms with Crippen molar-refractivity contribution in [2.45, 2.75) is 6.42 Å². The van der Waals surface area contributed by atoms with Gasteiger partial charge in [0.1, 0.15) is 5.75 Å². The number of aromatic hydroxyl groups is 1. The molecule has 146 valence electrons. The quantitative estimate of drug-likeness (QED) is 0.862. The van der Waals surface area contributed by atoms with Crippen LogP contribution in [0.3, 0.4) is 0 Å². The molecule has 0 aromatic heterocycles. The predicted molar refractivity (Wildman–Crippen MR) is 109 cm³/mol. The molecule has 2 aromatic carbocycles. The normalized spacial score (nSPS) is 20.0. The molecule has 1 unspecified atom stereocenters. The van der Waals surface area contributed by atoms with E-state index in [2.05, 4.69) is 4.90 Å². The first kappa shape index (κ1) is 18.6. The van der Waals surface area contributed by atoms with Gasteiger partial charge >= 0.3 is 0 Å². The predicted octanol–water partition coefficient (Wildman–Crippen LogP) is 2.75. The third kappa shape index (κ3) is 3.64. The van der Waals surface area contributed by atoms with Crippen molar-refractivity contribution in [1.29, 1.82) is 0 Å². The van der Waals surface area contributed by atoms with Gasteiger partial charge in [-0.15, -0.1) is 0 Å². The summed E-state index contributed by atoms with van der Waals surface area (Å²) in [6, 6.07) is 14.4. The van der Waals surface area contributed by atoms with Gasteiger partial charge in [-0.1, -0.05) is 29.8 Å². The van der Waals surface area contributed by atoms with Crippen LogP contribution in [0.1, 0.15) is 6.42 Å². The molecule has 2 aliphatic heterocycles. The van der Waals surface area contributed by atoms with Gasteiger partial charge in [-0.25, -0.2) is 0 Å². The van der Waals surface area contributed by atoms with Crippen LogP contribution in [0.4, 0.5) is 11.4 Å². The standard InChI is InChI=1S/C21H22ClN3O3/c22-16-4-3-5-17(13-16)25-14-15(12-20(25)27)21(28)24-10-8-23(9-11-24)18-6-1-2-7-19(18)26/h1-7,13,15,26H,8-12,14H2. The molecule has 2 saturated heterocycles. The molecule has 0 aliphatic carbocycles. The van der Waals surface area contributed by atoms with Crippen LogP contribution in [0, 0.1) is 5.92 Å². The molecule has 2 amide bonds. The summed E-state index contributed by atoms with van der Waals surface area (Å²) in [5.41, 5.74) is 1.52. The van der Waals surface area contributed by atoms with Crippen LogP contribution in [-0.2, 0) is 9.59 Å². The summed E-state index contributed by atoms with van der Waals surface area (Å²) < 4.78 is 0. The molecule has 1 N–H and O–H groups in total. The summed E-state index contributed by atoms with van der Waals surface area (Å²) in [4.78, 5) is 30.9. The van der Waals surface area contributed by atoms with E-state index >= 15 is 0 Å². The molecule has 2 fully saturated rings. The number of hydrogen-bond acceptors (Lipinski definition) is 4. The van der Waals surface area contributed by atoms with Crippen molar-refractivity contribution in [3.8, 4) is 5.75 Å². The lowest BCUT2D eigenvalue weighted by Gasteiger charge is -2.37. The fourth-order valence-corrected chi connectivity index (χ4v) is 4.11. The number of para-hydroxylation sites is 2. The molecule has 0 spiro atoms. The topological polar surface area (TPSA) is 64.1 Å². The molecule has 2 aliphatic rings. The molecule has 4 rings (SSSR count). The number of nitrogens with zero attached hydrogens (tertiary/aromatic N) is 3. The molecule has 0 bridgehead atoms. The van der Waals surface area contributed by atoms with Gasteiger partial charge < -0.3 is 19.8 Å². The van der Waals surface area contributed by atoms with Crippen molar-refractivity contribution in [2.24, 2.45) is 5.92 Å². The van der Waals surface area contributed by atoms with Gasteiger partial charge in [0.15, 0.2) is 0 Å². The summed E-state index contributed by atoms with van der Waals surface area (Å²) in [5.74, 6) is -0.104. The second kappa shape index (κ2) is 7.72. The number of benzene rings is 2. The number of phenolic OH excluding ortho intramolecular Hbond substituents is 1. The SMILES string of the molecule is O=C(C1CC(=O)N(c2cccc(Cl)c2)C1)N1CCN(c2ccccc2O)CC1. The zero-order valence-electron chi connectivity index (χ0n) is 15.4. The van der Waals surface area contributed by atoms with Crippen molar-refractivity contribution in [2.75, 3.05) is 42.5 Å². The summed E-state index contributed by atoms with van der Waals surface area (Å²) in [6.07, 6.45) is 0.227. The summed E-state index contributed by atoms with van der Waals surface area (Å²) in [6.45, 7) is 2.85. The van der Waals surface area contributed by atoms with Crippen molar-refractivity contribution < 1.29 is 14.7 Å². The lowest BCUT2D eigenvalue weighted by Crippen LogP contribution is -2.50. The Bertz CT molecular complexity index is 896. The molecule has 2 heterocycles. The van der Waals surface area contributed by atoms with E-state index in [0.29, 0.717) is 37.7 Å². The van der Waals surface area contributed by atoms with Crippen LogP contribution in [0.5, 0.6) is 5.75 Å². The number of anilines is 2.